The van der Waals surface area contributed by atoms with Gasteiger partial charge in [-0.1, -0.05) is 36.4 Å². The molecule has 7 nitrogen and oxygen atoms in total. The molecule has 0 aromatic heterocycles. The predicted octanol–water partition coefficient (Wildman–Crippen LogP) is 4.36. The number of nitrogens with one attached hydrogen (secondary N) is 1. The highest BCUT2D eigenvalue weighted by Gasteiger charge is 2.46. The van der Waals surface area contributed by atoms with Crippen molar-refractivity contribution in [3.05, 3.63) is 106 Å². The van der Waals surface area contributed by atoms with Crippen LogP contribution in [0, 0.1) is 17.3 Å². The zero-order chi connectivity index (χ0) is 21.6. The van der Waals surface area contributed by atoms with Crippen molar-refractivity contribution in [3.8, 4) is 0 Å². The van der Waals surface area contributed by atoms with Gasteiger partial charge in [-0.25, -0.2) is 10.3 Å². The number of aliphatic imine (C=N–C) groups is 1. The Morgan fingerprint density at radius 1 is 1.06 bits per heavy atom. The average Bonchev–Trinajstić information content (AvgIpc) is 3.04. The van der Waals surface area contributed by atoms with E-state index in [9.17, 15) is 10.4 Å². The Hall–Kier alpha value is -3.84. The van der Waals surface area contributed by atoms with E-state index in [1.807, 2.05) is 44.2 Å². The summed E-state index contributed by atoms with van der Waals surface area (Å²) in [6.07, 6.45) is 7.01. The van der Waals surface area contributed by atoms with Crippen LogP contribution in [-0.4, -0.2) is 22.1 Å². The minimum atomic E-state index is -0.730. The highest BCUT2D eigenvalue weighted by Crippen LogP contribution is 2.45. The fourth-order valence-corrected chi connectivity index (χ4v) is 4.11. The number of hydroxylamine groups is 1. The van der Waals surface area contributed by atoms with E-state index in [0.717, 1.165) is 39.6 Å². The molecule has 5 rings (SSSR count). The fraction of sp³-hybridized carbons (Fsp3) is 0.167. The van der Waals surface area contributed by atoms with E-state index in [-0.39, 0.29) is 5.71 Å². The van der Waals surface area contributed by atoms with Crippen LogP contribution in [0.3, 0.4) is 0 Å². The Morgan fingerprint density at radius 3 is 2.52 bits per heavy atom. The Labute approximate surface area is 180 Å². The molecule has 2 aliphatic heterocycles. The van der Waals surface area contributed by atoms with Gasteiger partial charge >= 0.3 is 0 Å². The van der Waals surface area contributed by atoms with Crippen LogP contribution < -0.4 is 10.4 Å². The second-order valence-corrected chi connectivity index (χ2v) is 7.96. The molecule has 1 saturated heterocycles. The Kier molecular flexibility index (Phi) is 4.41. The van der Waals surface area contributed by atoms with Gasteiger partial charge in [-0.15, -0.1) is 0 Å². The number of nitrogens with zero attached hydrogens (tertiary/aromatic N) is 3. The summed E-state index contributed by atoms with van der Waals surface area (Å²) in [5, 5.41) is 22.1. The summed E-state index contributed by atoms with van der Waals surface area (Å²) >= 11 is 0. The van der Waals surface area contributed by atoms with Gasteiger partial charge in [0, 0.05) is 24.1 Å². The van der Waals surface area contributed by atoms with E-state index in [0.29, 0.717) is 6.42 Å². The van der Waals surface area contributed by atoms with Crippen LogP contribution in [-0.2, 0) is 4.84 Å². The maximum absolute atomic E-state index is 11.1. The van der Waals surface area contributed by atoms with Gasteiger partial charge in [0.15, 0.2) is 5.72 Å². The van der Waals surface area contributed by atoms with E-state index >= 15 is 0 Å². The molecule has 0 saturated carbocycles. The first-order valence-corrected chi connectivity index (χ1v) is 10.0. The van der Waals surface area contributed by atoms with Gasteiger partial charge < -0.3 is 10.4 Å². The maximum atomic E-state index is 11.1. The van der Waals surface area contributed by atoms with Crippen molar-refractivity contribution in [1.29, 1.82) is 0 Å². The lowest BCUT2D eigenvalue weighted by molar-refractivity contribution is -0.377. The average molecular weight is 413 g/mol. The molecule has 0 spiro atoms. The van der Waals surface area contributed by atoms with Crippen molar-refractivity contribution in [2.24, 2.45) is 4.99 Å². The molecule has 1 aliphatic carbocycles. The van der Waals surface area contributed by atoms with Crippen molar-refractivity contribution in [2.75, 3.05) is 4.90 Å². The number of rotatable bonds is 1. The smallest absolute Gasteiger partial charge is 0.222 e. The topological polar surface area (TPSA) is 86.0 Å². The molecule has 31 heavy (non-hydrogen) atoms. The summed E-state index contributed by atoms with van der Waals surface area (Å²) in [4.78, 5) is 12.9. The van der Waals surface area contributed by atoms with Crippen LogP contribution in [0.5, 0.6) is 0 Å². The molecule has 7 heteroatoms. The van der Waals surface area contributed by atoms with Crippen LogP contribution in [0.25, 0.3) is 0 Å². The first-order chi connectivity index (χ1) is 14.9. The maximum Gasteiger partial charge on any atom is 0.222 e. The predicted molar refractivity (Wildman–Crippen MR) is 121 cm³/mol. The first kappa shape index (κ1) is 19.1. The Morgan fingerprint density at radius 2 is 1.81 bits per heavy atom. The molecule has 1 atom stereocenters. The summed E-state index contributed by atoms with van der Waals surface area (Å²) in [6, 6.07) is 16.3. The quantitative estimate of drug-likeness (QED) is 0.554. The monoisotopic (exact) mass is 413 g/mol. The van der Waals surface area contributed by atoms with E-state index in [1.54, 1.807) is 12.2 Å². The normalized spacial score (nSPS) is 21.9. The number of hydrogen-bond acceptors (Lipinski definition) is 6. The second kappa shape index (κ2) is 7.14. The zero-order valence-corrected chi connectivity index (χ0v) is 17.2. The van der Waals surface area contributed by atoms with Crippen LogP contribution in [0.2, 0.25) is 0 Å². The molecule has 1 N–H and O–H groups in total. The van der Waals surface area contributed by atoms with Gasteiger partial charge in [0.1, 0.15) is 5.82 Å². The number of allylic oxidation sites excluding steroid dienone is 5. The van der Waals surface area contributed by atoms with Crippen molar-refractivity contribution < 1.29 is 9.74 Å². The third-order valence-corrected chi connectivity index (χ3v) is 5.65. The first-order valence-electron chi connectivity index (χ1n) is 10.0. The van der Waals surface area contributed by atoms with Crippen molar-refractivity contribution in [3.63, 3.8) is 0 Å². The van der Waals surface area contributed by atoms with Crippen molar-refractivity contribution in [1.82, 2.24) is 5.48 Å². The van der Waals surface area contributed by atoms with Gasteiger partial charge in [0.05, 0.1) is 17.1 Å². The molecule has 0 radical (unpaired) electrons. The molecule has 3 aliphatic rings. The lowest BCUT2D eigenvalue weighted by Crippen LogP contribution is -2.43. The fourth-order valence-electron chi connectivity index (χ4n) is 4.11. The molecule has 0 bridgehead atoms. The van der Waals surface area contributed by atoms with Crippen molar-refractivity contribution >= 4 is 22.8 Å². The molecule has 0 amide bonds. The number of anilines is 1. The molecule has 2 aromatic carbocycles. The lowest BCUT2D eigenvalue weighted by atomic mass is 9.99. The van der Waals surface area contributed by atoms with Gasteiger partial charge in [0.25, 0.3) is 0 Å². The summed E-state index contributed by atoms with van der Waals surface area (Å²) in [7, 11) is 0. The SMILES string of the molecule is Cc1ccc2c(c1)N=C(c1ccccc1)CC1(C)ONC(=C3C=CC(=[N+]([O-])[O-])C=C3)N21. The summed E-state index contributed by atoms with van der Waals surface area (Å²) in [5.74, 6) is 0.729. The molecule has 1 fully saturated rings. The van der Waals surface area contributed by atoms with Crippen LogP contribution in [0.1, 0.15) is 24.5 Å². The highest BCUT2D eigenvalue weighted by atomic mass is 16.8. The van der Waals surface area contributed by atoms with Crippen LogP contribution >= 0.6 is 0 Å². The van der Waals surface area contributed by atoms with Gasteiger partial charge in [-0.3, -0.25) is 9.89 Å². The number of hydrogen-bond donors (Lipinski definition) is 1. The summed E-state index contributed by atoms with van der Waals surface area (Å²) in [6.45, 7) is 4.06. The van der Waals surface area contributed by atoms with Crippen molar-refractivity contribution in [2.45, 2.75) is 26.0 Å². The van der Waals surface area contributed by atoms with Gasteiger partial charge in [-0.2, -0.15) is 4.90 Å². The van der Waals surface area contributed by atoms with E-state index in [4.69, 9.17) is 9.83 Å². The number of aryl methyl sites for hydroxylation is 1. The molecule has 2 aromatic rings. The minimum absolute atomic E-state index is 0.0487. The Balaban J connectivity index is 1.66. The molecular weight excluding hydrogens is 392 g/mol. The third kappa shape index (κ3) is 3.29. The largest absolute Gasteiger partial charge is 0.612 e. The third-order valence-electron chi connectivity index (χ3n) is 5.65. The minimum Gasteiger partial charge on any atom is -0.612 e. The Bertz CT molecular complexity index is 1190. The second-order valence-electron chi connectivity index (χ2n) is 7.96. The molecule has 1 unspecified atom stereocenters. The summed E-state index contributed by atoms with van der Waals surface area (Å²) in [5.41, 5.74) is 8.06. The van der Waals surface area contributed by atoms with E-state index in [2.05, 4.69) is 28.6 Å². The van der Waals surface area contributed by atoms with Crippen LogP contribution in [0.15, 0.2) is 89.2 Å². The van der Waals surface area contributed by atoms with Crippen LogP contribution in [0.4, 0.5) is 11.4 Å². The van der Waals surface area contributed by atoms with Gasteiger partial charge in [0.2, 0.25) is 5.71 Å². The standard InChI is InChI=1S/C24H21N4O3/c1-16-8-13-22-20(14-16)25-21(17-6-4-3-5-7-17)15-24(2)27(22)23(26-31-24)18-9-11-19(12-10-18)28(29)30/h3-14,26H,15H2,1-2H3/q-1. The molecule has 2 heterocycles. The molecule has 156 valence electrons. The summed E-state index contributed by atoms with van der Waals surface area (Å²) < 4.78 is 0. The number of fused-ring (bicyclic) bond motifs is 3. The molecular formula is C24H21N4O3-. The number of benzene rings is 2. The lowest BCUT2D eigenvalue weighted by Gasteiger charge is -2.33. The van der Waals surface area contributed by atoms with Gasteiger partial charge in [-0.05, 0) is 49.3 Å². The highest BCUT2D eigenvalue weighted by molar-refractivity contribution is 6.05. The van der Waals surface area contributed by atoms with E-state index in [1.165, 1.54) is 12.2 Å². The van der Waals surface area contributed by atoms with E-state index < -0.39 is 10.6 Å². The zero-order valence-electron chi connectivity index (χ0n) is 17.2.